The van der Waals surface area contributed by atoms with Gasteiger partial charge in [0.25, 0.3) is 0 Å². The van der Waals surface area contributed by atoms with Crippen LogP contribution in [0, 0.1) is 6.92 Å². The van der Waals surface area contributed by atoms with Crippen molar-refractivity contribution in [3.05, 3.63) is 23.4 Å². The normalized spacial score (nSPS) is 10.7. The Kier molecular flexibility index (Phi) is 3.64. The van der Waals surface area contributed by atoms with Crippen LogP contribution in [-0.2, 0) is 11.2 Å². The third kappa shape index (κ3) is 2.50. The minimum atomic E-state index is -0.803. The number of rotatable bonds is 5. The predicted octanol–water partition coefficient (Wildman–Crippen LogP) is 2.51. The van der Waals surface area contributed by atoms with E-state index < -0.39 is 5.97 Å². The summed E-state index contributed by atoms with van der Waals surface area (Å²) in [5, 5.41) is 9.76. The van der Waals surface area contributed by atoms with E-state index in [1.165, 1.54) is 0 Å². The maximum atomic E-state index is 10.7. The highest BCUT2D eigenvalue weighted by Crippen LogP contribution is 2.34. The molecule has 2 aromatic rings. The maximum absolute atomic E-state index is 10.7. The van der Waals surface area contributed by atoms with E-state index in [4.69, 9.17) is 14.6 Å². The van der Waals surface area contributed by atoms with Gasteiger partial charge in [-0.05, 0) is 25.0 Å². The van der Waals surface area contributed by atoms with Crippen LogP contribution in [0.4, 0.5) is 0 Å². The van der Waals surface area contributed by atoms with E-state index in [1.807, 2.05) is 13.0 Å². The number of fused-ring (bicyclic) bond motifs is 1. The van der Waals surface area contributed by atoms with Gasteiger partial charge in [-0.1, -0.05) is 0 Å². The second kappa shape index (κ2) is 5.22. The summed E-state index contributed by atoms with van der Waals surface area (Å²) in [5.74, 6) is 0.609. The van der Waals surface area contributed by atoms with Crippen LogP contribution in [0.1, 0.15) is 17.7 Å². The monoisotopic (exact) mass is 263 g/mol. The third-order valence-electron chi connectivity index (χ3n) is 3.25. The summed E-state index contributed by atoms with van der Waals surface area (Å²) in [6.07, 6.45) is 0.578. The van der Waals surface area contributed by atoms with Gasteiger partial charge in [0.2, 0.25) is 0 Å². The SMILES string of the molecule is COc1cc(OC)c2[nH]c(CCC(=O)O)c(C)c2c1. The summed E-state index contributed by atoms with van der Waals surface area (Å²) in [4.78, 5) is 13.9. The number of carbonyl (C=O) groups is 1. The number of nitrogens with one attached hydrogen (secondary N) is 1. The smallest absolute Gasteiger partial charge is 0.303 e. The average Bonchev–Trinajstić information content (AvgIpc) is 2.72. The van der Waals surface area contributed by atoms with Crippen molar-refractivity contribution in [3.63, 3.8) is 0 Å². The van der Waals surface area contributed by atoms with E-state index in [-0.39, 0.29) is 6.42 Å². The van der Waals surface area contributed by atoms with Gasteiger partial charge < -0.3 is 19.6 Å². The fourth-order valence-electron chi connectivity index (χ4n) is 2.18. The lowest BCUT2D eigenvalue weighted by atomic mass is 10.1. The molecule has 19 heavy (non-hydrogen) atoms. The van der Waals surface area contributed by atoms with Crippen LogP contribution in [0.5, 0.6) is 11.5 Å². The fourth-order valence-corrected chi connectivity index (χ4v) is 2.18. The Balaban J connectivity index is 2.52. The molecule has 0 aliphatic carbocycles. The molecule has 5 heteroatoms. The molecule has 0 bridgehead atoms. The number of aliphatic carboxylic acids is 1. The first-order chi connectivity index (χ1) is 9.06. The highest BCUT2D eigenvalue weighted by atomic mass is 16.5. The molecule has 0 amide bonds. The van der Waals surface area contributed by atoms with Crippen molar-refractivity contribution < 1.29 is 19.4 Å². The van der Waals surface area contributed by atoms with Gasteiger partial charge in [0.05, 0.1) is 26.2 Å². The van der Waals surface area contributed by atoms with Crippen LogP contribution in [-0.4, -0.2) is 30.3 Å². The first kappa shape index (κ1) is 13.3. The molecular weight excluding hydrogens is 246 g/mol. The van der Waals surface area contributed by atoms with Gasteiger partial charge in [-0.25, -0.2) is 0 Å². The molecule has 0 aliphatic heterocycles. The summed E-state index contributed by atoms with van der Waals surface area (Å²) in [7, 11) is 3.20. The average molecular weight is 263 g/mol. The van der Waals surface area contributed by atoms with Gasteiger partial charge in [-0.3, -0.25) is 4.79 Å². The van der Waals surface area contributed by atoms with Crippen LogP contribution in [0.3, 0.4) is 0 Å². The summed E-state index contributed by atoms with van der Waals surface area (Å²) in [6.45, 7) is 1.97. The number of hydrogen-bond donors (Lipinski definition) is 2. The zero-order chi connectivity index (χ0) is 14.0. The predicted molar refractivity (Wildman–Crippen MR) is 72.1 cm³/mol. The highest BCUT2D eigenvalue weighted by molar-refractivity contribution is 5.91. The molecule has 1 aromatic carbocycles. The summed E-state index contributed by atoms with van der Waals surface area (Å²) < 4.78 is 10.6. The summed E-state index contributed by atoms with van der Waals surface area (Å²) in [5.41, 5.74) is 2.83. The van der Waals surface area contributed by atoms with E-state index >= 15 is 0 Å². The van der Waals surface area contributed by atoms with E-state index in [0.717, 1.165) is 27.9 Å². The van der Waals surface area contributed by atoms with Crippen LogP contribution >= 0.6 is 0 Å². The van der Waals surface area contributed by atoms with Gasteiger partial charge in [0.1, 0.15) is 11.5 Å². The minimum Gasteiger partial charge on any atom is -0.497 e. The Morgan fingerprint density at radius 1 is 1.32 bits per heavy atom. The molecule has 0 atom stereocenters. The largest absolute Gasteiger partial charge is 0.497 e. The molecule has 0 saturated heterocycles. The van der Waals surface area contributed by atoms with Crippen molar-refractivity contribution in [1.29, 1.82) is 0 Å². The van der Waals surface area contributed by atoms with E-state index in [9.17, 15) is 4.79 Å². The minimum absolute atomic E-state index is 0.104. The number of H-pyrrole nitrogens is 1. The Morgan fingerprint density at radius 3 is 2.63 bits per heavy atom. The molecule has 0 radical (unpaired) electrons. The van der Waals surface area contributed by atoms with Crippen LogP contribution < -0.4 is 9.47 Å². The molecule has 2 rings (SSSR count). The van der Waals surface area contributed by atoms with Gasteiger partial charge in [-0.15, -0.1) is 0 Å². The van der Waals surface area contributed by atoms with Crippen molar-refractivity contribution in [2.75, 3.05) is 14.2 Å². The molecule has 0 spiro atoms. The van der Waals surface area contributed by atoms with Gasteiger partial charge in [-0.2, -0.15) is 0 Å². The van der Waals surface area contributed by atoms with Crippen molar-refractivity contribution in [1.82, 2.24) is 4.98 Å². The third-order valence-corrected chi connectivity index (χ3v) is 3.25. The highest BCUT2D eigenvalue weighted by Gasteiger charge is 2.14. The number of ether oxygens (including phenoxy) is 2. The lowest BCUT2D eigenvalue weighted by molar-refractivity contribution is -0.136. The van der Waals surface area contributed by atoms with Crippen molar-refractivity contribution >= 4 is 16.9 Å². The lowest BCUT2D eigenvalue weighted by Crippen LogP contribution is -1.98. The molecule has 0 fully saturated rings. The molecule has 0 unspecified atom stereocenters. The van der Waals surface area contributed by atoms with E-state index in [2.05, 4.69) is 4.98 Å². The molecule has 2 N–H and O–H groups in total. The Bertz CT molecular complexity index is 615. The zero-order valence-corrected chi connectivity index (χ0v) is 11.2. The quantitative estimate of drug-likeness (QED) is 0.869. The number of carboxylic acid groups (broad SMARTS) is 1. The van der Waals surface area contributed by atoms with Gasteiger partial charge in [0, 0.05) is 17.1 Å². The number of aromatic amines is 1. The number of aromatic nitrogens is 1. The van der Waals surface area contributed by atoms with Crippen LogP contribution in [0.15, 0.2) is 12.1 Å². The second-order valence-corrected chi connectivity index (χ2v) is 4.37. The first-order valence-electron chi connectivity index (χ1n) is 6.01. The topological polar surface area (TPSA) is 71.5 Å². The van der Waals surface area contributed by atoms with Crippen LogP contribution in [0.25, 0.3) is 10.9 Å². The van der Waals surface area contributed by atoms with Crippen molar-refractivity contribution in [3.8, 4) is 11.5 Å². The van der Waals surface area contributed by atoms with Crippen LogP contribution in [0.2, 0.25) is 0 Å². The Morgan fingerprint density at radius 2 is 2.05 bits per heavy atom. The standard InChI is InChI=1S/C14H17NO4/c1-8-10-6-9(18-2)7-12(19-3)14(10)15-11(8)4-5-13(16)17/h6-7,15H,4-5H2,1-3H3,(H,16,17). The molecule has 1 aromatic heterocycles. The molecule has 0 saturated carbocycles. The Labute approximate surface area is 111 Å². The number of benzene rings is 1. The van der Waals surface area contributed by atoms with E-state index in [0.29, 0.717) is 12.2 Å². The second-order valence-electron chi connectivity index (χ2n) is 4.37. The number of carboxylic acids is 1. The number of hydrogen-bond acceptors (Lipinski definition) is 3. The van der Waals surface area contributed by atoms with Crippen molar-refractivity contribution in [2.45, 2.75) is 19.8 Å². The summed E-state index contributed by atoms with van der Waals surface area (Å²) in [6, 6.07) is 3.73. The zero-order valence-electron chi connectivity index (χ0n) is 11.2. The molecule has 1 heterocycles. The Hall–Kier alpha value is -2.17. The van der Waals surface area contributed by atoms with Gasteiger partial charge >= 0.3 is 5.97 Å². The van der Waals surface area contributed by atoms with Crippen molar-refractivity contribution in [2.24, 2.45) is 0 Å². The van der Waals surface area contributed by atoms with E-state index in [1.54, 1.807) is 20.3 Å². The maximum Gasteiger partial charge on any atom is 0.303 e. The molecule has 5 nitrogen and oxygen atoms in total. The summed E-state index contributed by atoms with van der Waals surface area (Å²) >= 11 is 0. The first-order valence-corrected chi connectivity index (χ1v) is 6.01. The van der Waals surface area contributed by atoms with Gasteiger partial charge in [0.15, 0.2) is 0 Å². The number of aryl methyl sites for hydroxylation is 2. The molecule has 0 aliphatic rings. The lowest BCUT2D eigenvalue weighted by Gasteiger charge is -2.05. The molecular formula is C14H17NO4. The number of methoxy groups -OCH3 is 2. The fraction of sp³-hybridized carbons (Fsp3) is 0.357. The molecule has 102 valence electrons.